The van der Waals surface area contributed by atoms with Crippen LogP contribution >= 0.6 is 22.9 Å². The second-order valence-corrected chi connectivity index (χ2v) is 8.05. The Hall–Kier alpha value is -2.59. The van der Waals surface area contributed by atoms with Crippen molar-refractivity contribution in [2.75, 3.05) is 31.1 Å². The third-order valence-corrected chi connectivity index (χ3v) is 5.90. The predicted octanol–water partition coefficient (Wildman–Crippen LogP) is 4.35. The van der Waals surface area contributed by atoms with E-state index in [-0.39, 0.29) is 5.69 Å². The van der Waals surface area contributed by atoms with Crippen molar-refractivity contribution in [3.8, 4) is 5.69 Å². The van der Waals surface area contributed by atoms with Crippen molar-refractivity contribution in [2.45, 2.75) is 12.6 Å². The van der Waals surface area contributed by atoms with Crippen LogP contribution in [0.1, 0.15) is 22.5 Å². The summed E-state index contributed by atoms with van der Waals surface area (Å²) >= 11 is 7.32. The second kappa shape index (κ2) is 8.27. The Balaban J connectivity index is 1.61. The SMILES string of the molecule is O=C(c1cnn(-c2ccc(Cl)cc2)c1C(F)(F)F)N1CCCN(c2nccs2)CC1. The molecule has 1 amide bonds. The number of benzene rings is 1. The first-order valence-corrected chi connectivity index (χ1v) is 10.5. The van der Waals surface area contributed by atoms with Gasteiger partial charge in [0, 0.05) is 42.8 Å². The molecule has 1 aliphatic rings. The Morgan fingerprint density at radius 2 is 1.87 bits per heavy atom. The third-order valence-electron chi connectivity index (χ3n) is 4.81. The first-order valence-electron chi connectivity index (χ1n) is 9.19. The molecule has 158 valence electrons. The lowest BCUT2D eigenvalue weighted by molar-refractivity contribution is -0.143. The third kappa shape index (κ3) is 4.15. The first kappa shape index (κ1) is 20.7. The monoisotopic (exact) mass is 455 g/mol. The highest BCUT2D eigenvalue weighted by Crippen LogP contribution is 2.34. The zero-order chi connectivity index (χ0) is 21.3. The van der Waals surface area contributed by atoms with Crippen LogP contribution in [0, 0.1) is 0 Å². The summed E-state index contributed by atoms with van der Waals surface area (Å²) in [5.41, 5.74) is -1.37. The standard InChI is InChI=1S/C19H17ClF3N5OS/c20-13-2-4-14(5-3-13)28-16(19(21,22)23)15(12-25-28)17(29)26-7-1-8-27(10-9-26)18-24-6-11-30-18/h2-6,11-12H,1,7-10H2. The van der Waals surface area contributed by atoms with E-state index in [4.69, 9.17) is 11.6 Å². The molecule has 3 heterocycles. The average molecular weight is 456 g/mol. The maximum Gasteiger partial charge on any atom is 0.434 e. The molecule has 0 spiro atoms. The molecule has 0 saturated carbocycles. The molecule has 0 N–H and O–H groups in total. The quantitative estimate of drug-likeness (QED) is 0.589. The topological polar surface area (TPSA) is 54.3 Å². The molecule has 4 rings (SSSR count). The minimum absolute atomic E-state index is 0.177. The van der Waals surface area contributed by atoms with E-state index >= 15 is 0 Å². The van der Waals surface area contributed by atoms with Gasteiger partial charge in [0.2, 0.25) is 0 Å². The number of amides is 1. The smallest absolute Gasteiger partial charge is 0.346 e. The number of halogens is 4. The summed E-state index contributed by atoms with van der Waals surface area (Å²) in [5.74, 6) is -0.677. The van der Waals surface area contributed by atoms with Gasteiger partial charge in [-0.1, -0.05) is 11.6 Å². The van der Waals surface area contributed by atoms with Crippen LogP contribution in [-0.4, -0.2) is 51.8 Å². The Bertz CT molecular complexity index is 1020. The summed E-state index contributed by atoms with van der Waals surface area (Å²) in [7, 11) is 0. The summed E-state index contributed by atoms with van der Waals surface area (Å²) in [6, 6.07) is 5.80. The minimum atomic E-state index is -4.75. The Morgan fingerprint density at radius 3 is 2.53 bits per heavy atom. The summed E-state index contributed by atoms with van der Waals surface area (Å²) in [5, 5.41) is 6.97. The molecule has 1 aromatic carbocycles. The molecule has 1 saturated heterocycles. The van der Waals surface area contributed by atoms with Gasteiger partial charge in [0.05, 0.1) is 17.4 Å². The molecule has 0 unspecified atom stereocenters. The molecule has 0 aliphatic carbocycles. The van der Waals surface area contributed by atoms with Gasteiger partial charge >= 0.3 is 6.18 Å². The highest BCUT2D eigenvalue weighted by Gasteiger charge is 2.41. The lowest BCUT2D eigenvalue weighted by Gasteiger charge is -2.22. The molecule has 2 aromatic heterocycles. The van der Waals surface area contributed by atoms with Crippen LogP contribution < -0.4 is 4.90 Å². The van der Waals surface area contributed by atoms with Crippen LogP contribution in [0.2, 0.25) is 5.02 Å². The lowest BCUT2D eigenvalue weighted by Crippen LogP contribution is -2.36. The van der Waals surface area contributed by atoms with Gasteiger partial charge in [-0.2, -0.15) is 18.3 Å². The van der Waals surface area contributed by atoms with E-state index in [0.717, 1.165) is 16.0 Å². The molecular formula is C19H17ClF3N5OS. The first-order chi connectivity index (χ1) is 14.3. The number of aromatic nitrogens is 3. The molecule has 30 heavy (non-hydrogen) atoms. The number of carbonyl (C=O) groups is 1. The van der Waals surface area contributed by atoms with Crippen LogP contribution in [0.5, 0.6) is 0 Å². The van der Waals surface area contributed by atoms with E-state index in [1.807, 2.05) is 10.3 Å². The molecule has 3 aromatic rings. The zero-order valence-corrected chi connectivity index (χ0v) is 17.2. The predicted molar refractivity (Wildman–Crippen MR) is 108 cm³/mol. The van der Waals surface area contributed by atoms with Gasteiger partial charge in [-0.3, -0.25) is 4.79 Å². The maximum atomic E-state index is 13.9. The molecule has 6 nitrogen and oxygen atoms in total. The fraction of sp³-hybridized carbons (Fsp3) is 0.316. The second-order valence-electron chi connectivity index (χ2n) is 6.74. The largest absolute Gasteiger partial charge is 0.434 e. The molecule has 0 radical (unpaired) electrons. The van der Waals surface area contributed by atoms with Crippen molar-refractivity contribution in [2.24, 2.45) is 0 Å². The molecular weight excluding hydrogens is 439 g/mol. The molecule has 0 atom stereocenters. The number of hydrogen-bond donors (Lipinski definition) is 0. The average Bonchev–Trinajstić information content (AvgIpc) is 3.33. The number of nitrogens with zero attached hydrogens (tertiary/aromatic N) is 5. The van der Waals surface area contributed by atoms with Crippen LogP contribution in [0.25, 0.3) is 5.69 Å². The van der Waals surface area contributed by atoms with Crippen molar-refractivity contribution in [1.82, 2.24) is 19.7 Å². The van der Waals surface area contributed by atoms with Crippen molar-refractivity contribution < 1.29 is 18.0 Å². The normalized spacial score (nSPS) is 15.3. The number of rotatable bonds is 3. The van der Waals surface area contributed by atoms with Gasteiger partial charge in [0.15, 0.2) is 10.8 Å². The van der Waals surface area contributed by atoms with Crippen molar-refractivity contribution in [3.63, 3.8) is 0 Å². The van der Waals surface area contributed by atoms with Crippen molar-refractivity contribution in [1.29, 1.82) is 0 Å². The van der Waals surface area contributed by atoms with Crippen LogP contribution in [0.15, 0.2) is 42.0 Å². The van der Waals surface area contributed by atoms with E-state index in [1.165, 1.54) is 40.5 Å². The molecule has 1 fully saturated rings. The number of anilines is 1. The van der Waals surface area contributed by atoms with Crippen LogP contribution in [0.4, 0.5) is 18.3 Å². The summed E-state index contributed by atoms with van der Waals surface area (Å²) < 4.78 is 42.4. The number of thiazole rings is 1. The lowest BCUT2D eigenvalue weighted by atomic mass is 10.2. The van der Waals surface area contributed by atoms with E-state index in [0.29, 0.717) is 37.6 Å². The van der Waals surface area contributed by atoms with Gasteiger partial charge in [-0.15, -0.1) is 11.3 Å². The van der Waals surface area contributed by atoms with Crippen LogP contribution in [-0.2, 0) is 6.18 Å². The van der Waals surface area contributed by atoms with Gasteiger partial charge in [-0.25, -0.2) is 9.67 Å². The number of hydrogen-bond acceptors (Lipinski definition) is 5. The van der Waals surface area contributed by atoms with Crippen LogP contribution in [0.3, 0.4) is 0 Å². The number of alkyl halides is 3. The van der Waals surface area contributed by atoms with Gasteiger partial charge in [0.25, 0.3) is 5.91 Å². The molecule has 11 heteroatoms. The Kier molecular flexibility index (Phi) is 5.70. The Labute approximate surface area is 179 Å². The fourth-order valence-corrected chi connectivity index (χ4v) is 4.23. The maximum absolute atomic E-state index is 13.9. The highest BCUT2D eigenvalue weighted by atomic mass is 35.5. The summed E-state index contributed by atoms with van der Waals surface area (Å²) in [6.45, 7) is 1.87. The van der Waals surface area contributed by atoms with E-state index in [9.17, 15) is 18.0 Å². The molecule has 1 aliphatic heterocycles. The zero-order valence-electron chi connectivity index (χ0n) is 15.6. The highest BCUT2D eigenvalue weighted by molar-refractivity contribution is 7.13. The summed E-state index contributed by atoms with van der Waals surface area (Å²) in [6.07, 6.45) is -1.42. The Morgan fingerprint density at radius 1 is 1.10 bits per heavy atom. The van der Waals surface area contributed by atoms with Crippen molar-refractivity contribution in [3.05, 3.63) is 58.3 Å². The minimum Gasteiger partial charge on any atom is -0.346 e. The van der Waals surface area contributed by atoms with Gasteiger partial charge < -0.3 is 9.80 Å². The van der Waals surface area contributed by atoms with Gasteiger partial charge in [0.1, 0.15) is 0 Å². The van der Waals surface area contributed by atoms with E-state index in [1.54, 1.807) is 6.20 Å². The van der Waals surface area contributed by atoms with E-state index in [2.05, 4.69) is 10.1 Å². The molecule has 0 bridgehead atoms. The fourth-order valence-electron chi connectivity index (χ4n) is 3.41. The van der Waals surface area contributed by atoms with Gasteiger partial charge in [-0.05, 0) is 30.7 Å². The van der Waals surface area contributed by atoms with E-state index < -0.39 is 23.3 Å². The summed E-state index contributed by atoms with van der Waals surface area (Å²) in [4.78, 5) is 20.8. The van der Waals surface area contributed by atoms with Crippen molar-refractivity contribution >= 4 is 34.0 Å². The number of carbonyl (C=O) groups excluding carboxylic acids is 1.